The number of esters is 1. The number of ether oxygens (including phenoxy) is 1. The molecule has 1 saturated heterocycles. The zero-order valence-corrected chi connectivity index (χ0v) is 18.6. The van der Waals surface area contributed by atoms with Crippen LogP contribution < -0.4 is 10.8 Å². The van der Waals surface area contributed by atoms with Crippen LogP contribution in [0, 0.1) is 6.92 Å². The Balaban J connectivity index is 2.23. The number of benzene rings is 1. The lowest BCUT2D eigenvalue weighted by atomic mass is 9.74. The van der Waals surface area contributed by atoms with E-state index < -0.39 is 29.9 Å². The van der Waals surface area contributed by atoms with Crippen molar-refractivity contribution < 1.29 is 28.7 Å². The quantitative estimate of drug-likeness (QED) is 0.555. The largest absolute Gasteiger partial charge is 0.495 e. The third-order valence-electron chi connectivity index (χ3n) is 5.26. The van der Waals surface area contributed by atoms with Gasteiger partial charge in [-0.3, -0.25) is 4.79 Å². The Bertz CT molecular complexity index is 781. The number of nitrogens with one attached hydrogen (secondary N) is 1. The fourth-order valence-corrected chi connectivity index (χ4v) is 3.02. The third-order valence-corrected chi connectivity index (χ3v) is 5.26. The van der Waals surface area contributed by atoms with Gasteiger partial charge in [0.2, 0.25) is 0 Å². The van der Waals surface area contributed by atoms with Crippen LogP contribution in [-0.2, 0) is 25.4 Å². The Hall–Kier alpha value is -1.90. The van der Waals surface area contributed by atoms with E-state index in [2.05, 4.69) is 5.32 Å². The molecule has 1 heterocycles. The summed E-state index contributed by atoms with van der Waals surface area (Å²) in [5, 5.41) is 12.6. The number of hydrogen-bond acceptors (Lipinski definition) is 6. The van der Waals surface area contributed by atoms with E-state index in [0.29, 0.717) is 17.6 Å². The van der Waals surface area contributed by atoms with Crippen molar-refractivity contribution in [1.29, 1.82) is 0 Å². The molecule has 1 aliphatic rings. The number of carboxylic acid groups (broad SMARTS) is 1. The second kappa shape index (κ2) is 8.09. The minimum atomic E-state index is -1.02. The van der Waals surface area contributed by atoms with Crippen molar-refractivity contribution in [2.45, 2.75) is 78.7 Å². The molecule has 29 heavy (non-hydrogen) atoms. The molecule has 1 fully saturated rings. The molecule has 2 N–H and O–H groups in total. The van der Waals surface area contributed by atoms with Crippen LogP contribution in [0.5, 0.6) is 0 Å². The first kappa shape index (κ1) is 23.4. The van der Waals surface area contributed by atoms with Gasteiger partial charge < -0.3 is 24.5 Å². The SMILES string of the molecule is Cc1c(B2OC(C)(C)C(C)(C)O2)cc(CNCC(=O)OC(C)(C)C)cc1C(=O)O. The van der Waals surface area contributed by atoms with Gasteiger partial charge in [0.25, 0.3) is 0 Å². The molecule has 1 aromatic carbocycles. The molecule has 0 unspecified atom stereocenters. The Morgan fingerprint density at radius 1 is 1.14 bits per heavy atom. The Labute approximate surface area is 173 Å². The predicted octanol–water partition coefficient (Wildman–Crippen LogP) is 2.42. The molecule has 0 spiro atoms. The predicted molar refractivity (Wildman–Crippen MR) is 111 cm³/mol. The number of carboxylic acids is 1. The second-order valence-electron chi connectivity index (χ2n) is 9.44. The first-order valence-electron chi connectivity index (χ1n) is 9.78. The van der Waals surface area contributed by atoms with Gasteiger partial charge in [-0.25, -0.2) is 4.79 Å². The molecule has 0 atom stereocenters. The van der Waals surface area contributed by atoms with Crippen LogP contribution >= 0.6 is 0 Å². The molecule has 7 nitrogen and oxygen atoms in total. The highest BCUT2D eigenvalue weighted by molar-refractivity contribution is 6.62. The molecule has 160 valence electrons. The van der Waals surface area contributed by atoms with E-state index in [4.69, 9.17) is 14.0 Å². The van der Waals surface area contributed by atoms with Gasteiger partial charge >= 0.3 is 19.1 Å². The van der Waals surface area contributed by atoms with Gasteiger partial charge in [-0.05, 0) is 78.0 Å². The topological polar surface area (TPSA) is 94.1 Å². The second-order valence-corrected chi connectivity index (χ2v) is 9.44. The Kier molecular flexibility index (Phi) is 6.52. The molecule has 2 rings (SSSR count). The van der Waals surface area contributed by atoms with Gasteiger partial charge in [-0.2, -0.15) is 0 Å². The van der Waals surface area contributed by atoms with Gasteiger partial charge in [0.15, 0.2) is 0 Å². The number of hydrogen-bond donors (Lipinski definition) is 2. The van der Waals surface area contributed by atoms with E-state index in [1.165, 1.54) is 0 Å². The fourth-order valence-electron chi connectivity index (χ4n) is 3.02. The lowest BCUT2D eigenvalue weighted by Gasteiger charge is -2.32. The molecule has 0 aromatic heterocycles. The molecule has 0 radical (unpaired) electrons. The van der Waals surface area contributed by atoms with Gasteiger partial charge in [0, 0.05) is 6.54 Å². The fraction of sp³-hybridized carbons (Fsp3) is 0.619. The summed E-state index contributed by atoms with van der Waals surface area (Å²) in [5.41, 5.74) is 0.581. The highest BCUT2D eigenvalue weighted by Crippen LogP contribution is 2.36. The van der Waals surface area contributed by atoms with Crippen molar-refractivity contribution in [2.24, 2.45) is 0 Å². The highest BCUT2D eigenvalue weighted by atomic mass is 16.7. The number of carbonyl (C=O) groups excluding carboxylic acids is 1. The van der Waals surface area contributed by atoms with Gasteiger partial charge in [0.05, 0.1) is 23.3 Å². The molecule has 1 aromatic rings. The van der Waals surface area contributed by atoms with Crippen molar-refractivity contribution in [2.75, 3.05) is 6.54 Å². The van der Waals surface area contributed by atoms with Crippen LogP contribution in [0.3, 0.4) is 0 Å². The minimum Gasteiger partial charge on any atom is -0.478 e. The molecule has 8 heteroatoms. The average molecular weight is 405 g/mol. The van der Waals surface area contributed by atoms with E-state index in [-0.39, 0.29) is 18.1 Å². The lowest BCUT2D eigenvalue weighted by molar-refractivity contribution is -0.153. The molecule has 0 saturated carbocycles. The number of rotatable bonds is 6. The normalized spacial score (nSPS) is 18.0. The van der Waals surface area contributed by atoms with Crippen LogP contribution in [0.2, 0.25) is 0 Å². The summed E-state index contributed by atoms with van der Waals surface area (Å²) in [6.45, 7) is 15.3. The smallest absolute Gasteiger partial charge is 0.478 e. The average Bonchev–Trinajstić information content (AvgIpc) is 2.74. The van der Waals surface area contributed by atoms with Crippen LogP contribution in [0.25, 0.3) is 0 Å². The maximum Gasteiger partial charge on any atom is 0.495 e. The van der Waals surface area contributed by atoms with Crippen molar-refractivity contribution in [3.8, 4) is 0 Å². The van der Waals surface area contributed by atoms with Gasteiger partial charge in [-0.15, -0.1) is 0 Å². The van der Waals surface area contributed by atoms with Crippen LogP contribution in [-0.4, -0.2) is 47.5 Å². The lowest BCUT2D eigenvalue weighted by Crippen LogP contribution is -2.41. The summed E-state index contributed by atoms with van der Waals surface area (Å²) in [7, 11) is -0.663. The zero-order chi connectivity index (χ0) is 22.2. The van der Waals surface area contributed by atoms with Crippen molar-refractivity contribution in [3.63, 3.8) is 0 Å². The van der Waals surface area contributed by atoms with E-state index in [9.17, 15) is 14.7 Å². The van der Waals surface area contributed by atoms with Crippen molar-refractivity contribution in [1.82, 2.24) is 5.32 Å². The summed E-state index contributed by atoms with van der Waals surface area (Å²) in [6, 6.07) is 3.47. The zero-order valence-electron chi connectivity index (χ0n) is 18.6. The monoisotopic (exact) mass is 405 g/mol. The molecule has 1 aliphatic heterocycles. The first-order valence-corrected chi connectivity index (χ1v) is 9.78. The van der Waals surface area contributed by atoms with Crippen LogP contribution in [0.15, 0.2) is 12.1 Å². The number of aromatic carboxylic acids is 1. The molecule has 0 bridgehead atoms. The Morgan fingerprint density at radius 3 is 2.17 bits per heavy atom. The summed E-state index contributed by atoms with van der Waals surface area (Å²) < 4.78 is 17.5. The maximum atomic E-state index is 11.9. The van der Waals surface area contributed by atoms with E-state index in [1.54, 1.807) is 33.8 Å². The van der Waals surface area contributed by atoms with E-state index in [1.807, 2.05) is 33.8 Å². The Morgan fingerprint density at radius 2 is 1.69 bits per heavy atom. The molecular formula is C21H32BNO6. The summed E-state index contributed by atoms with van der Waals surface area (Å²) in [4.78, 5) is 23.6. The van der Waals surface area contributed by atoms with Crippen LogP contribution in [0.1, 0.15) is 70.0 Å². The van der Waals surface area contributed by atoms with Crippen molar-refractivity contribution in [3.05, 3.63) is 28.8 Å². The highest BCUT2D eigenvalue weighted by Gasteiger charge is 2.52. The summed E-state index contributed by atoms with van der Waals surface area (Å²) in [5.74, 6) is -1.39. The molecular weight excluding hydrogens is 373 g/mol. The number of carbonyl (C=O) groups is 2. The van der Waals surface area contributed by atoms with Gasteiger partial charge in [-0.1, -0.05) is 6.07 Å². The molecule has 0 aliphatic carbocycles. The van der Waals surface area contributed by atoms with Crippen LogP contribution in [0.4, 0.5) is 0 Å². The minimum absolute atomic E-state index is 0.0272. The summed E-state index contributed by atoms with van der Waals surface area (Å²) >= 11 is 0. The maximum absolute atomic E-state index is 11.9. The first-order chi connectivity index (χ1) is 13.1. The van der Waals surface area contributed by atoms with E-state index in [0.717, 1.165) is 5.56 Å². The molecule has 0 amide bonds. The standard InChI is InChI=1S/C21H32BNO6/c1-13-15(18(25)26)9-14(11-23-12-17(24)27-19(2,3)4)10-16(13)22-28-20(5,6)21(7,8)29-22/h9-10,23H,11-12H2,1-8H3,(H,25,26). The third kappa shape index (κ3) is 5.59. The van der Waals surface area contributed by atoms with Crippen molar-refractivity contribution >= 4 is 24.5 Å². The summed E-state index contributed by atoms with van der Waals surface area (Å²) in [6.07, 6.45) is 0. The van der Waals surface area contributed by atoms with Gasteiger partial charge in [0.1, 0.15) is 5.60 Å². The van der Waals surface area contributed by atoms with E-state index >= 15 is 0 Å².